The van der Waals surface area contributed by atoms with Gasteiger partial charge in [0.15, 0.2) is 0 Å². The minimum Gasteiger partial charge on any atom is -0.494 e. The average molecular weight is 292 g/mol. The largest absolute Gasteiger partial charge is 0.494 e. The van der Waals surface area contributed by atoms with Crippen LogP contribution >= 0.6 is 0 Å². The van der Waals surface area contributed by atoms with Crippen molar-refractivity contribution >= 4 is 0 Å². The normalized spacial score (nSPS) is 13.5. The molecule has 1 aromatic carbocycles. The van der Waals surface area contributed by atoms with Crippen LogP contribution in [-0.4, -0.2) is 31.1 Å². The molecule has 0 aliphatic carbocycles. The molecule has 0 radical (unpaired) electrons. The standard InChI is InChI=1S/C18H32N2O/c1-8-18(4,5)20(7)13-16-12-15(14(3)19-6)10-11-17(16)21-9-2/h10-12,14,19H,8-9,13H2,1-7H3. The molecule has 0 fully saturated rings. The van der Waals surface area contributed by atoms with Gasteiger partial charge in [0.25, 0.3) is 0 Å². The van der Waals surface area contributed by atoms with Crippen molar-refractivity contribution in [2.24, 2.45) is 0 Å². The van der Waals surface area contributed by atoms with Crippen molar-refractivity contribution in [3.05, 3.63) is 29.3 Å². The molecule has 0 spiro atoms. The van der Waals surface area contributed by atoms with Crippen LogP contribution in [0.3, 0.4) is 0 Å². The summed E-state index contributed by atoms with van der Waals surface area (Å²) in [4.78, 5) is 2.40. The molecule has 120 valence electrons. The van der Waals surface area contributed by atoms with Crippen LogP contribution in [0.1, 0.15) is 58.2 Å². The summed E-state index contributed by atoms with van der Waals surface area (Å²) in [5.41, 5.74) is 2.76. The van der Waals surface area contributed by atoms with Gasteiger partial charge >= 0.3 is 0 Å². The highest BCUT2D eigenvalue weighted by Crippen LogP contribution is 2.27. The molecule has 0 aliphatic heterocycles. The molecule has 21 heavy (non-hydrogen) atoms. The van der Waals surface area contributed by atoms with Crippen LogP contribution in [0.4, 0.5) is 0 Å². The Kier molecular flexibility index (Phi) is 6.69. The van der Waals surface area contributed by atoms with E-state index in [0.717, 1.165) is 18.7 Å². The third kappa shape index (κ3) is 4.72. The van der Waals surface area contributed by atoms with Gasteiger partial charge in [-0.1, -0.05) is 13.0 Å². The lowest BCUT2D eigenvalue weighted by Crippen LogP contribution is -2.39. The number of ether oxygens (including phenoxy) is 1. The van der Waals surface area contributed by atoms with Crippen molar-refractivity contribution in [1.82, 2.24) is 10.2 Å². The second kappa shape index (κ2) is 7.81. The topological polar surface area (TPSA) is 24.5 Å². The Morgan fingerprint density at radius 2 is 1.95 bits per heavy atom. The Balaban J connectivity index is 3.06. The first kappa shape index (κ1) is 18.0. The average Bonchev–Trinajstić information content (AvgIpc) is 2.48. The van der Waals surface area contributed by atoms with E-state index in [2.05, 4.69) is 63.2 Å². The summed E-state index contributed by atoms with van der Waals surface area (Å²) in [5, 5.41) is 3.30. The quantitative estimate of drug-likeness (QED) is 0.784. The van der Waals surface area contributed by atoms with Crippen LogP contribution in [0.15, 0.2) is 18.2 Å². The zero-order valence-electron chi connectivity index (χ0n) is 14.8. The fraction of sp³-hybridized carbons (Fsp3) is 0.667. The highest BCUT2D eigenvalue weighted by molar-refractivity contribution is 5.38. The SMILES string of the molecule is CCOc1ccc(C(C)NC)cc1CN(C)C(C)(C)CC. The van der Waals surface area contributed by atoms with Crippen LogP contribution in [0.25, 0.3) is 0 Å². The smallest absolute Gasteiger partial charge is 0.123 e. The van der Waals surface area contributed by atoms with E-state index in [-0.39, 0.29) is 5.54 Å². The highest BCUT2D eigenvalue weighted by Gasteiger charge is 2.22. The Morgan fingerprint density at radius 1 is 1.29 bits per heavy atom. The molecule has 0 saturated carbocycles. The predicted molar refractivity (Wildman–Crippen MR) is 90.9 cm³/mol. The van der Waals surface area contributed by atoms with Crippen molar-refractivity contribution in [2.45, 2.75) is 59.2 Å². The monoisotopic (exact) mass is 292 g/mol. The van der Waals surface area contributed by atoms with E-state index in [1.165, 1.54) is 11.1 Å². The Morgan fingerprint density at radius 3 is 2.48 bits per heavy atom. The Hall–Kier alpha value is -1.06. The van der Waals surface area contributed by atoms with E-state index in [9.17, 15) is 0 Å². The Bertz CT molecular complexity index is 443. The molecule has 1 atom stereocenters. The van der Waals surface area contributed by atoms with Crippen LogP contribution < -0.4 is 10.1 Å². The molecule has 0 heterocycles. The Labute approximate surface area is 130 Å². The summed E-state index contributed by atoms with van der Waals surface area (Å²) in [6.07, 6.45) is 1.13. The van der Waals surface area contributed by atoms with Crippen molar-refractivity contribution in [3.63, 3.8) is 0 Å². The fourth-order valence-electron chi connectivity index (χ4n) is 2.19. The summed E-state index contributed by atoms with van der Waals surface area (Å²) in [6, 6.07) is 6.88. The molecule has 1 rings (SSSR count). The number of hydrogen-bond acceptors (Lipinski definition) is 3. The van der Waals surface area contributed by atoms with Crippen LogP contribution in [-0.2, 0) is 6.54 Å². The lowest BCUT2D eigenvalue weighted by atomic mass is 9.98. The minimum absolute atomic E-state index is 0.189. The summed E-state index contributed by atoms with van der Waals surface area (Å²) in [7, 11) is 4.18. The molecule has 1 aromatic rings. The third-order valence-electron chi connectivity index (χ3n) is 4.62. The number of nitrogens with one attached hydrogen (secondary N) is 1. The lowest BCUT2D eigenvalue weighted by Gasteiger charge is -2.35. The molecule has 1 N–H and O–H groups in total. The summed E-state index contributed by atoms with van der Waals surface area (Å²) >= 11 is 0. The van der Waals surface area contributed by atoms with Crippen molar-refractivity contribution in [2.75, 3.05) is 20.7 Å². The number of nitrogens with zero attached hydrogens (tertiary/aromatic N) is 1. The maximum atomic E-state index is 5.81. The van der Waals surface area contributed by atoms with Gasteiger partial charge in [0.2, 0.25) is 0 Å². The van der Waals surface area contributed by atoms with Gasteiger partial charge < -0.3 is 10.1 Å². The van der Waals surface area contributed by atoms with Gasteiger partial charge in [0.1, 0.15) is 5.75 Å². The van der Waals surface area contributed by atoms with Crippen LogP contribution in [0.5, 0.6) is 5.75 Å². The first-order valence-corrected chi connectivity index (χ1v) is 7.99. The maximum absolute atomic E-state index is 5.81. The van der Waals surface area contributed by atoms with Gasteiger partial charge in [-0.2, -0.15) is 0 Å². The lowest BCUT2D eigenvalue weighted by molar-refractivity contribution is 0.141. The molecule has 3 heteroatoms. The molecule has 3 nitrogen and oxygen atoms in total. The van der Waals surface area contributed by atoms with E-state index in [4.69, 9.17) is 4.74 Å². The summed E-state index contributed by atoms with van der Waals surface area (Å²) in [6.45, 7) is 12.6. The molecule has 0 amide bonds. The van der Waals surface area contributed by atoms with E-state index in [0.29, 0.717) is 12.6 Å². The van der Waals surface area contributed by atoms with Gasteiger partial charge in [-0.25, -0.2) is 0 Å². The second-order valence-electron chi connectivity index (χ2n) is 6.33. The molecular weight excluding hydrogens is 260 g/mol. The molecule has 0 bridgehead atoms. The van der Waals surface area contributed by atoms with Gasteiger partial charge in [0.05, 0.1) is 6.61 Å². The van der Waals surface area contributed by atoms with Crippen molar-refractivity contribution < 1.29 is 4.74 Å². The van der Waals surface area contributed by atoms with Gasteiger partial charge in [0, 0.05) is 23.7 Å². The van der Waals surface area contributed by atoms with Crippen molar-refractivity contribution in [3.8, 4) is 5.75 Å². The van der Waals surface area contributed by atoms with Gasteiger partial charge in [-0.05, 0) is 65.9 Å². The third-order valence-corrected chi connectivity index (χ3v) is 4.62. The number of hydrogen-bond donors (Lipinski definition) is 1. The first-order chi connectivity index (χ1) is 9.85. The second-order valence-corrected chi connectivity index (χ2v) is 6.33. The van der Waals surface area contributed by atoms with E-state index < -0.39 is 0 Å². The number of rotatable bonds is 8. The van der Waals surface area contributed by atoms with Crippen molar-refractivity contribution in [1.29, 1.82) is 0 Å². The maximum Gasteiger partial charge on any atom is 0.123 e. The first-order valence-electron chi connectivity index (χ1n) is 7.99. The van der Waals surface area contributed by atoms with E-state index in [1.807, 2.05) is 14.0 Å². The van der Waals surface area contributed by atoms with E-state index >= 15 is 0 Å². The fourth-order valence-corrected chi connectivity index (χ4v) is 2.19. The molecule has 1 unspecified atom stereocenters. The molecule has 0 saturated heterocycles. The summed E-state index contributed by atoms with van der Waals surface area (Å²) < 4.78 is 5.81. The number of benzene rings is 1. The summed E-state index contributed by atoms with van der Waals surface area (Å²) in [5.74, 6) is 1.00. The van der Waals surface area contributed by atoms with Gasteiger partial charge in [-0.15, -0.1) is 0 Å². The minimum atomic E-state index is 0.189. The molecule has 0 aromatic heterocycles. The van der Waals surface area contributed by atoms with Gasteiger partial charge in [-0.3, -0.25) is 4.90 Å². The zero-order chi connectivity index (χ0) is 16.0. The van der Waals surface area contributed by atoms with Crippen LogP contribution in [0, 0.1) is 0 Å². The zero-order valence-corrected chi connectivity index (χ0v) is 14.8. The molecular formula is C18H32N2O. The predicted octanol–water partition coefficient (Wildman–Crippen LogP) is 3.99. The van der Waals surface area contributed by atoms with Crippen LogP contribution in [0.2, 0.25) is 0 Å². The highest BCUT2D eigenvalue weighted by atomic mass is 16.5. The molecule has 0 aliphatic rings. The van der Waals surface area contributed by atoms with E-state index in [1.54, 1.807) is 0 Å².